The summed E-state index contributed by atoms with van der Waals surface area (Å²) in [5.74, 6) is 0.955. The summed E-state index contributed by atoms with van der Waals surface area (Å²) in [4.78, 5) is 2.49. The van der Waals surface area contributed by atoms with Crippen molar-refractivity contribution in [3.8, 4) is 0 Å². The third-order valence-electron chi connectivity index (χ3n) is 3.64. The predicted molar refractivity (Wildman–Crippen MR) is 67.2 cm³/mol. The Kier molecular flexibility index (Phi) is 5.07. The third kappa shape index (κ3) is 4.98. The molecule has 1 aliphatic carbocycles. The monoisotopic (exact) mass is 212 g/mol. The zero-order valence-corrected chi connectivity index (χ0v) is 11.0. The number of hydrogen-bond acceptors (Lipinski definition) is 2. The van der Waals surface area contributed by atoms with E-state index in [0.717, 1.165) is 12.5 Å². The van der Waals surface area contributed by atoms with Gasteiger partial charge in [-0.25, -0.2) is 0 Å². The van der Waals surface area contributed by atoms with Crippen LogP contribution in [0.25, 0.3) is 0 Å². The Bertz CT molecular complexity index is 171. The summed E-state index contributed by atoms with van der Waals surface area (Å²) in [7, 11) is 4.31. The predicted octanol–water partition coefficient (Wildman–Crippen LogP) is 2.50. The molecule has 2 nitrogen and oxygen atoms in total. The van der Waals surface area contributed by atoms with E-state index in [4.69, 9.17) is 0 Å². The van der Waals surface area contributed by atoms with Crippen molar-refractivity contribution >= 4 is 0 Å². The van der Waals surface area contributed by atoms with Gasteiger partial charge >= 0.3 is 0 Å². The highest BCUT2D eigenvalue weighted by Gasteiger charge is 2.20. The van der Waals surface area contributed by atoms with Crippen molar-refractivity contribution in [1.82, 2.24) is 10.2 Å². The lowest BCUT2D eigenvalue weighted by atomic mass is 9.89. The first-order valence-electron chi connectivity index (χ1n) is 6.41. The molecule has 1 fully saturated rings. The molecule has 2 heteroatoms. The molecule has 0 radical (unpaired) electrons. The lowest BCUT2D eigenvalue weighted by molar-refractivity contribution is 0.192. The number of nitrogens with zero attached hydrogens (tertiary/aromatic N) is 1. The second-order valence-electron chi connectivity index (χ2n) is 5.83. The van der Waals surface area contributed by atoms with Crippen molar-refractivity contribution < 1.29 is 0 Å². The van der Waals surface area contributed by atoms with Crippen molar-refractivity contribution in [2.24, 2.45) is 5.92 Å². The van der Waals surface area contributed by atoms with Crippen LogP contribution in [-0.4, -0.2) is 37.6 Å². The van der Waals surface area contributed by atoms with Crippen LogP contribution in [0.15, 0.2) is 0 Å². The minimum absolute atomic E-state index is 0.240. The quantitative estimate of drug-likeness (QED) is 0.753. The average Bonchev–Trinajstić information content (AvgIpc) is 2.18. The van der Waals surface area contributed by atoms with Crippen LogP contribution in [0.4, 0.5) is 0 Å². The smallest absolute Gasteiger partial charge is 0.0249 e. The molecule has 1 N–H and O–H groups in total. The highest BCUT2D eigenvalue weighted by molar-refractivity contribution is 4.80. The summed E-state index contributed by atoms with van der Waals surface area (Å²) >= 11 is 0. The Morgan fingerprint density at radius 3 is 2.33 bits per heavy atom. The van der Waals surface area contributed by atoms with Crippen molar-refractivity contribution in [2.75, 3.05) is 27.2 Å². The lowest BCUT2D eigenvalue weighted by Gasteiger charge is -2.33. The number of likely N-dealkylation sites (N-methyl/N-ethyl adjacent to an activating group) is 2. The van der Waals surface area contributed by atoms with Gasteiger partial charge in [-0.15, -0.1) is 0 Å². The Labute approximate surface area is 95.4 Å². The van der Waals surface area contributed by atoms with Gasteiger partial charge in [0.1, 0.15) is 0 Å². The number of nitrogens with one attached hydrogen (secondary N) is 1. The number of hydrogen-bond donors (Lipinski definition) is 1. The molecule has 0 aromatic carbocycles. The summed E-state index contributed by atoms with van der Waals surface area (Å²) in [5, 5.41) is 3.37. The summed E-state index contributed by atoms with van der Waals surface area (Å²) in [6.07, 6.45) is 7.26. The molecule has 0 bridgehead atoms. The fourth-order valence-electron chi connectivity index (χ4n) is 2.63. The zero-order valence-electron chi connectivity index (χ0n) is 11.0. The van der Waals surface area contributed by atoms with Crippen molar-refractivity contribution in [3.63, 3.8) is 0 Å². The van der Waals surface area contributed by atoms with Gasteiger partial charge in [-0.2, -0.15) is 0 Å². The van der Waals surface area contributed by atoms with E-state index in [1.807, 2.05) is 0 Å². The van der Waals surface area contributed by atoms with Gasteiger partial charge in [0.15, 0.2) is 0 Å². The molecule has 0 aromatic heterocycles. The minimum atomic E-state index is 0.240. The molecule has 0 spiro atoms. The summed E-state index contributed by atoms with van der Waals surface area (Å²) in [6.45, 7) is 6.96. The molecule has 0 saturated heterocycles. The van der Waals surface area contributed by atoms with Gasteiger partial charge in [0.25, 0.3) is 0 Å². The maximum absolute atomic E-state index is 3.37. The van der Waals surface area contributed by atoms with Crippen LogP contribution in [0, 0.1) is 5.92 Å². The van der Waals surface area contributed by atoms with Crippen LogP contribution in [0.2, 0.25) is 0 Å². The number of rotatable bonds is 5. The van der Waals surface area contributed by atoms with E-state index in [0.29, 0.717) is 0 Å². The molecular formula is C13H28N2. The lowest BCUT2D eigenvalue weighted by Crippen LogP contribution is -2.47. The highest BCUT2D eigenvalue weighted by atomic mass is 15.1. The zero-order chi connectivity index (χ0) is 11.3. The van der Waals surface area contributed by atoms with E-state index < -0.39 is 0 Å². The standard InChI is InChI=1S/C13H28N2/c1-13(2,14-3)11-15(4)10-12-8-6-5-7-9-12/h12,14H,5-11H2,1-4H3. The fraction of sp³-hybridized carbons (Fsp3) is 1.00. The molecule has 90 valence electrons. The summed E-state index contributed by atoms with van der Waals surface area (Å²) < 4.78 is 0. The molecule has 0 aromatic rings. The van der Waals surface area contributed by atoms with E-state index in [1.54, 1.807) is 0 Å². The van der Waals surface area contributed by atoms with E-state index in [-0.39, 0.29) is 5.54 Å². The Balaban J connectivity index is 2.25. The maximum Gasteiger partial charge on any atom is 0.0249 e. The maximum atomic E-state index is 3.37. The third-order valence-corrected chi connectivity index (χ3v) is 3.64. The average molecular weight is 212 g/mol. The molecule has 15 heavy (non-hydrogen) atoms. The van der Waals surface area contributed by atoms with Gasteiger partial charge in [0.05, 0.1) is 0 Å². The van der Waals surface area contributed by atoms with Gasteiger partial charge in [0, 0.05) is 18.6 Å². The van der Waals surface area contributed by atoms with Gasteiger partial charge in [-0.1, -0.05) is 19.3 Å². The van der Waals surface area contributed by atoms with Gasteiger partial charge in [-0.05, 0) is 46.7 Å². The van der Waals surface area contributed by atoms with Crippen molar-refractivity contribution in [3.05, 3.63) is 0 Å². The molecule has 0 heterocycles. The van der Waals surface area contributed by atoms with Crippen LogP contribution in [-0.2, 0) is 0 Å². The second-order valence-corrected chi connectivity index (χ2v) is 5.83. The largest absolute Gasteiger partial charge is 0.314 e. The molecular weight excluding hydrogens is 184 g/mol. The topological polar surface area (TPSA) is 15.3 Å². The van der Waals surface area contributed by atoms with Crippen LogP contribution >= 0.6 is 0 Å². The van der Waals surface area contributed by atoms with Crippen LogP contribution in [0.5, 0.6) is 0 Å². The first kappa shape index (κ1) is 13.0. The van der Waals surface area contributed by atoms with Crippen LogP contribution in [0.3, 0.4) is 0 Å². The van der Waals surface area contributed by atoms with E-state index in [9.17, 15) is 0 Å². The van der Waals surface area contributed by atoms with Crippen molar-refractivity contribution in [2.45, 2.75) is 51.5 Å². The Morgan fingerprint density at radius 2 is 1.80 bits per heavy atom. The molecule has 1 aliphatic rings. The minimum Gasteiger partial charge on any atom is -0.314 e. The van der Waals surface area contributed by atoms with Gasteiger partial charge < -0.3 is 10.2 Å². The molecule has 0 unspecified atom stereocenters. The van der Waals surface area contributed by atoms with Crippen molar-refractivity contribution in [1.29, 1.82) is 0 Å². The normalized spacial score (nSPS) is 19.8. The molecule has 0 atom stereocenters. The van der Waals surface area contributed by atoms with E-state index >= 15 is 0 Å². The molecule has 0 amide bonds. The Morgan fingerprint density at radius 1 is 1.20 bits per heavy atom. The van der Waals surface area contributed by atoms with Gasteiger partial charge in [0.2, 0.25) is 0 Å². The first-order chi connectivity index (χ1) is 7.03. The summed E-state index contributed by atoms with van der Waals surface area (Å²) in [5.41, 5.74) is 0.240. The SMILES string of the molecule is CNC(C)(C)CN(C)CC1CCCCC1. The fourth-order valence-corrected chi connectivity index (χ4v) is 2.63. The van der Waals surface area contributed by atoms with E-state index in [2.05, 4.69) is 38.2 Å². The summed E-state index contributed by atoms with van der Waals surface area (Å²) in [6, 6.07) is 0. The highest BCUT2D eigenvalue weighted by Crippen LogP contribution is 2.24. The van der Waals surface area contributed by atoms with Crippen LogP contribution < -0.4 is 5.32 Å². The first-order valence-corrected chi connectivity index (χ1v) is 6.41. The van der Waals surface area contributed by atoms with Crippen LogP contribution in [0.1, 0.15) is 46.0 Å². The Hall–Kier alpha value is -0.0800. The van der Waals surface area contributed by atoms with Gasteiger partial charge in [-0.3, -0.25) is 0 Å². The molecule has 1 rings (SSSR count). The van der Waals surface area contributed by atoms with E-state index in [1.165, 1.54) is 38.6 Å². The molecule has 0 aliphatic heterocycles. The molecule has 1 saturated carbocycles. The second kappa shape index (κ2) is 5.86.